The van der Waals surface area contributed by atoms with Gasteiger partial charge in [-0.05, 0) is 49.4 Å². The molecule has 0 spiro atoms. The number of hydrogen-bond donors (Lipinski definition) is 1. The van der Waals surface area contributed by atoms with E-state index in [-0.39, 0.29) is 0 Å². The fourth-order valence-electron chi connectivity index (χ4n) is 4.60. The summed E-state index contributed by atoms with van der Waals surface area (Å²) in [4.78, 5) is 0. The zero-order valence-electron chi connectivity index (χ0n) is 8.99. The summed E-state index contributed by atoms with van der Waals surface area (Å²) in [6.45, 7) is 0. The van der Waals surface area contributed by atoms with Crippen LogP contribution in [0.1, 0.15) is 51.4 Å². The minimum absolute atomic E-state index is 0.750. The Morgan fingerprint density at radius 3 is 2.29 bits per heavy atom. The molecule has 0 aliphatic heterocycles. The molecular weight excluding hydrogens is 188 g/mol. The van der Waals surface area contributed by atoms with Crippen LogP contribution < -0.4 is 0 Å². The van der Waals surface area contributed by atoms with Gasteiger partial charge in [0, 0.05) is 5.25 Å². The van der Waals surface area contributed by atoms with Crippen LogP contribution in [-0.2, 0) is 0 Å². The van der Waals surface area contributed by atoms with Crippen molar-refractivity contribution in [3.8, 4) is 0 Å². The van der Waals surface area contributed by atoms with Gasteiger partial charge in [-0.1, -0.05) is 25.7 Å². The van der Waals surface area contributed by atoms with Crippen LogP contribution in [0.15, 0.2) is 0 Å². The van der Waals surface area contributed by atoms with E-state index in [2.05, 4.69) is 0 Å². The summed E-state index contributed by atoms with van der Waals surface area (Å²) in [7, 11) is 0. The second-order valence-electron chi connectivity index (χ2n) is 5.77. The maximum atomic E-state index is 4.87. The van der Waals surface area contributed by atoms with Gasteiger partial charge in [-0.2, -0.15) is 12.6 Å². The van der Waals surface area contributed by atoms with Crippen molar-refractivity contribution in [3.05, 3.63) is 0 Å². The molecule has 0 radical (unpaired) electrons. The predicted molar refractivity (Wildman–Crippen MR) is 63.7 cm³/mol. The number of rotatable bonds is 0. The lowest BCUT2D eigenvalue weighted by atomic mass is 9.62. The predicted octanol–water partition coefficient (Wildman–Crippen LogP) is 3.91. The van der Waals surface area contributed by atoms with Crippen LogP contribution >= 0.6 is 12.6 Å². The van der Waals surface area contributed by atoms with E-state index >= 15 is 0 Å². The molecule has 80 valence electrons. The summed E-state index contributed by atoms with van der Waals surface area (Å²) in [6.07, 6.45) is 12.0. The molecule has 3 rings (SSSR count). The van der Waals surface area contributed by atoms with Crippen molar-refractivity contribution in [2.24, 2.45) is 23.7 Å². The lowest BCUT2D eigenvalue weighted by molar-refractivity contribution is 0.0794. The van der Waals surface area contributed by atoms with Crippen molar-refractivity contribution in [2.45, 2.75) is 56.6 Å². The van der Waals surface area contributed by atoms with E-state index in [1.807, 2.05) is 0 Å². The maximum Gasteiger partial charge on any atom is 0.00505 e. The molecule has 0 aromatic rings. The first-order valence-corrected chi connectivity index (χ1v) is 7.06. The second-order valence-corrected chi connectivity index (χ2v) is 6.43. The lowest BCUT2D eigenvalue weighted by Gasteiger charge is -2.46. The highest BCUT2D eigenvalue weighted by atomic mass is 32.1. The molecule has 5 unspecified atom stereocenters. The van der Waals surface area contributed by atoms with Crippen LogP contribution in [0.25, 0.3) is 0 Å². The van der Waals surface area contributed by atoms with E-state index < -0.39 is 0 Å². The fraction of sp³-hybridized carbons (Fsp3) is 1.00. The first kappa shape index (κ1) is 9.57. The quantitative estimate of drug-likeness (QED) is 0.576. The van der Waals surface area contributed by atoms with Crippen LogP contribution in [0.5, 0.6) is 0 Å². The lowest BCUT2D eigenvalue weighted by Crippen LogP contribution is -2.40. The van der Waals surface area contributed by atoms with Crippen molar-refractivity contribution in [1.29, 1.82) is 0 Å². The van der Waals surface area contributed by atoms with Gasteiger partial charge < -0.3 is 0 Å². The van der Waals surface area contributed by atoms with Gasteiger partial charge >= 0.3 is 0 Å². The van der Waals surface area contributed by atoms with E-state index in [4.69, 9.17) is 12.6 Å². The van der Waals surface area contributed by atoms with Gasteiger partial charge in [-0.15, -0.1) is 0 Å². The maximum absolute atomic E-state index is 4.87. The highest BCUT2D eigenvalue weighted by molar-refractivity contribution is 7.81. The van der Waals surface area contributed by atoms with E-state index in [0.717, 1.165) is 28.9 Å². The van der Waals surface area contributed by atoms with Gasteiger partial charge in [0.1, 0.15) is 0 Å². The molecule has 5 atom stereocenters. The van der Waals surface area contributed by atoms with Crippen LogP contribution in [0, 0.1) is 23.7 Å². The first-order chi connectivity index (χ1) is 6.86. The van der Waals surface area contributed by atoms with Crippen LogP contribution in [0.2, 0.25) is 0 Å². The summed E-state index contributed by atoms with van der Waals surface area (Å²) in [5.41, 5.74) is 0. The molecule has 3 fully saturated rings. The van der Waals surface area contributed by atoms with Gasteiger partial charge in [0.15, 0.2) is 0 Å². The number of fused-ring (bicyclic) bond motifs is 3. The molecule has 0 saturated heterocycles. The topological polar surface area (TPSA) is 0 Å². The van der Waals surface area contributed by atoms with Crippen LogP contribution in [0.4, 0.5) is 0 Å². The molecule has 1 heteroatoms. The highest BCUT2D eigenvalue weighted by Gasteiger charge is 2.45. The van der Waals surface area contributed by atoms with E-state index in [0.29, 0.717) is 0 Å². The van der Waals surface area contributed by atoms with Crippen molar-refractivity contribution in [3.63, 3.8) is 0 Å². The van der Waals surface area contributed by atoms with Crippen molar-refractivity contribution >= 4 is 12.6 Å². The Balaban J connectivity index is 1.81. The molecule has 0 heterocycles. The molecular formula is C13H22S. The minimum Gasteiger partial charge on any atom is -0.176 e. The molecule has 0 bridgehead atoms. The molecule has 0 N–H and O–H groups in total. The van der Waals surface area contributed by atoms with Gasteiger partial charge in [-0.25, -0.2) is 0 Å². The SMILES string of the molecule is SC1CC2CCCC2C2CCCCC12. The standard InChI is InChI=1S/C13H22S/c14-13-8-9-4-3-7-10(9)11-5-1-2-6-12(11)13/h9-14H,1-8H2. The highest BCUT2D eigenvalue weighted by Crippen LogP contribution is 2.53. The summed E-state index contributed by atoms with van der Waals surface area (Å²) < 4.78 is 0. The summed E-state index contributed by atoms with van der Waals surface area (Å²) in [5.74, 6) is 4.25. The average Bonchev–Trinajstić information content (AvgIpc) is 2.66. The normalized spacial score (nSPS) is 52.5. The van der Waals surface area contributed by atoms with E-state index in [1.165, 1.54) is 44.9 Å². The molecule has 0 aromatic heterocycles. The zero-order valence-corrected chi connectivity index (χ0v) is 9.89. The third-order valence-corrected chi connectivity index (χ3v) is 5.77. The van der Waals surface area contributed by atoms with Crippen LogP contribution in [-0.4, -0.2) is 5.25 Å². The molecule has 3 saturated carbocycles. The Morgan fingerprint density at radius 1 is 0.714 bits per heavy atom. The average molecular weight is 210 g/mol. The van der Waals surface area contributed by atoms with Gasteiger partial charge in [-0.3, -0.25) is 0 Å². The minimum atomic E-state index is 0.750. The van der Waals surface area contributed by atoms with E-state index in [9.17, 15) is 0 Å². The monoisotopic (exact) mass is 210 g/mol. The second kappa shape index (κ2) is 3.73. The molecule has 3 aliphatic rings. The third kappa shape index (κ3) is 1.43. The molecule has 0 nitrogen and oxygen atoms in total. The summed E-state index contributed by atoms with van der Waals surface area (Å²) in [6, 6.07) is 0. The van der Waals surface area contributed by atoms with Crippen LogP contribution in [0.3, 0.4) is 0 Å². The third-order valence-electron chi connectivity index (χ3n) is 5.18. The summed E-state index contributed by atoms with van der Waals surface area (Å²) in [5, 5.41) is 0.750. The number of hydrogen-bond acceptors (Lipinski definition) is 1. The number of thiol groups is 1. The zero-order chi connectivity index (χ0) is 9.54. The molecule has 0 amide bonds. The Labute approximate surface area is 93.3 Å². The van der Waals surface area contributed by atoms with E-state index in [1.54, 1.807) is 6.42 Å². The van der Waals surface area contributed by atoms with Gasteiger partial charge in [0.05, 0.1) is 0 Å². The molecule has 3 aliphatic carbocycles. The Hall–Kier alpha value is 0.350. The summed E-state index contributed by atoms with van der Waals surface area (Å²) >= 11 is 4.87. The Bertz CT molecular complexity index is 211. The Morgan fingerprint density at radius 2 is 1.43 bits per heavy atom. The molecule has 0 aromatic carbocycles. The Kier molecular flexibility index (Phi) is 2.55. The van der Waals surface area contributed by atoms with Crippen molar-refractivity contribution < 1.29 is 0 Å². The largest absolute Gasteiger partial charge is 0.176 e. The molecule has 14 heavy (non-hydrogen) atoms. The van der Waals surface area contributed by atoms with Crippen molar-refractivity contribution in [2.75, 3.05) is 0 Å². The first-order valence-electron chi connectivity index (χ1n) is 6.54. The fourth-order valence-corrected chi connectivity index (χ4v) is 5.25. The van der Waals surface area contributed by atoms with Gasteiger partial charge in [0.25, 0.3) is 0 Å². The van der Waals surface area contributed by atoms with Gasteiger partial charge in [0.2, 0.25) is 0 Å². The van der Waals surface area contributed by atoms with Crippen molar-refractivity contribution in [1.82, 2.24) is 0 Å². The smallest absolute Gasteiger partial charge is 0.00505 e.